The van der Waals surface area contributed by atoms with Crippen molar-refractivity contribution in [2.45, 2.75) is 73.1 Å². The summed E-state index contributed by atoms with van der Waals surface area (Å²) in [6.07, 6.45) is 0. The molecule has 0 aliphatic carbocycles. The van der Waals surface area contributed by atoms with Gasteiger partial charge in [-0.1, -0.05) is 71.9 Å². The van der Waals surface area contributed by atoms with Gasteiger partial charge in [-0.2, -0.15) is 4.57 Å². The molecule has 27 heavy (non-hydrogen) atoms. The van der Waals surface area contributed by atoms with Crippen molar-refractivity contribution in [2.75, 3.05) is 0 Å². The van der Waals surface area contributed by atoms with Gasteiger partial charge >= 0.3 is 0 Å². The highest BCUT2D eigenvalue weighted by Crippen LogP contribution is 2.31. The van der Waals surface area contributed by atoms with Crippen molar-refractivity contribution < 1.29 is 4.57 Å². The van der Waals surface area contributed by atoms with E-state index in [4.69, 9.17) is 0 Å². The quantitative estimate of drug-likeness (QED) is 0.437. The number of aryl methyl sites for hydroxylation is 1. The summed E-state index contributed by atoms with van der Waals surface area (Å²) in [4.78, 5) is 0. The summed E-state index contributed by atoms with van der Waals surface area (Å²) >= 11 is 0. The van der Waals surface area contributed by atoms with Crippen molar-refractivity contribution in [1.29, 1.82) is 0 Å². The van der Waals surface area contributed by atoms with E-state index in [-0.39, 0.29) is 0 Å². The van der Waals surface area contributed by atoms with Gasteiger partial charge in [0.1, 0.15) is 0 Å². The Labute approximate surface area is 165 Å². The van der Waals surface area contributed by atoms with Gasteiger partial charge in [0.15, 0.2) is 5.69 Å². The molecule has 142 valence electrons. The standard InChI is InChI=1S/C26H34N/c1-16(2)21-11-10-14-25-24(21)15-19(7)20(8)27(25)26-22(17(3)4)12-9-13-23(26)18(5)6/h9-18H,1-8H3/q+1. The molecule has 1 aromatic heterocycles. The third-order valence-electron chi connectivity index (χ3n) is 5.81. The van der Waals surface area contributed by atoms with Crippen LogP contribution < -0.4 is 4.57 Å². The van der Waals surface area contributed by atoms with Gasteiger partial charge in [0, 0.05) is 29.7 Å². The monoisotopic (exact) mass is 360 g/mol. The molecule has 0 saturated heterocycles. The summed E-state index contributed by atoms with van der Waals surface area (Å²) < 4.78 is 2.53. The van der Waals surface area contributed by atoms with Crippen LogP contribution in [-0.2, 0) is 0 Å². The Morgan fingerprint density at radius 1 is 0.667 bits per heavy atom. The second-order valence-electron chi connectivity index (χ2n) is 8.78. The molecule has 3 aromatic rings. The highest BCUT2D eigenvalue weighted by molar-refractivity contribution is 5.81. The number of rotatable bonds is 4. The van der Waals surface area contributed by atoms with E-state index >= 15 is 0 Å². The number of benzene rings is 2. The van der Waals surface area contributed by atoms with Crippen molar-refractivity contribution in [3.05, 3.63) is 70.4 Å². The fourth-order valence-electron chi connectivity index (χ4n) is 4.16. The SMILES string of the molecule is Cc1cc2c(C(C)C)cccc2[n+](-c2c(C(C)C)cccc2C(C)C)c1C. The Balaban J connectivity index is 2.53. The first kappa shape index (κ1) is 19.6. The summed E-state index contributed by atoms with van der Waals surface area (Å²) in [5, 5.41) is 1.38. The van der Waals surface area contributed by atoms with Gasteiger partial charge in [0.2, 0.25) is 11.2 Å². The molecule has 0 N–H and O–H groups in total. The largest absolute Gasteiger partial charge is 0.218 e. The Kier molecular flexibility index (Phi) is 5.42. The summed E-state index contributed by atoms with van der Waals surface area (Å²) in [6.45, 7) is 18.3. The average molecular weight is 361 g/mol. The highest BCUT2D eigenvalue weighted by atomic mass is 15.0. The molecule has 0 fully saturated rings. The van der Waals surface area contributed by atoms with Crippen LogP contribution in [-0.4, -0.2) is 0 Å². The third-order valence-corrected chi connectivity index (χ3v) is 5.81. The lowest BCUT2D eigenvalue weighted by molar-refractivity contribution is -0.576. The van der Waals surface area contributed by atoms with E-state index in [1.165, 1.54) is 44.5 Å². The maximum Gasteiger partial charge on any atom is 0.218 e. The van der Waals surface area contributed by atoms with E-state index in [1.54, 1.807) is 0 Å². The zero-order valence-corrected chi connectivity index (χ0v) is 18.2. The maximum absolute atomic E-state index is 2.53. The van der Waals surface area contributed by atoms with Crippen molar-refractivity contribution in [3.8, 4) is 5.69 Å². The first-order valence-corrected chi connectivity index (χ1v) is 10.3. The van der Waals surface area contributed by atoms with E-state index < -0.39 is 0 Å². The van der Waals surface area contributed by atoms with Crippen molar-refractivity contribution in [2.24, 2.45) is 0 Å². The molecule has 2 aromatic carbocycles. The molecular formula is C26H34N+. The molecule has 0 radical (unpaired) electrons. The fourth-order valence-corrected chi connectivity index (χ4v) is 4.16. The summed E-state index contributed by atoms with van der Waals surface area (Å²) in [6, 6.07) is 16.0. The minimum atomic E-state index is 0.481. The van der Waals surface area contributed by atoms with Crippen LogP contribution in [0.1, 0.15) is 87.2 Å². The van der Waals surface area contributed by atoms with Gasteiger partial charge in [-0.25, -0.2) is 0 Å². The molecule has 3 rings (SSSR count). The first-order valence-electron chi connectivity index (χ1n) is 10.3. The number of hydrogen-bond acceptors (Lipinski definition) is 0. The first-order chi connectivity index (χ1) is 12.7. The van der Waals surface area contributed by atoms with E-state index in [1.807, 2.05) is 0 Å². The van der Waals surface area contributed by atoms with Crippen LogP contribution in [0.15, 0.2) is 42.5 Å². The second kappa shape index (κ2) is 7.46. The molecule has 0 amide bonds. The van der Waals surface area contributed by atoms with Gasteiger partial charge in [-0.05, 0) is 36.3 Å². The summed E-state index contributed by atoms with van der Waals surface area (Å²) in [7, 11) is 0. The fraction of sp³-hybridized carbons (Fsp3) is 0.423. The molecule has 0 unspecified atom stereocenters. The molecule has 0 aliphatic rings. The smallest absolute Gasteiger partial charge is 0.157 e. The molecule has 1 heterocycles. The minimum absolute atomic E-state index is 0.481. The Bertz CT molecular complexity index is 951. The van der Waals surface area contributed by atoms with Gasteiger partial charge < -0.3 is 0 Å². The van der Waals surface area contributed by atoms with Crippen molar-refractivity contribution in [3.63, 3.8) is 0 Å². The number of para-hydroxylation sites is 1. The lowest BCUT2D eigenvalue weighted by Gasteiger charge is -2.19. The Hall–Kier alpha value is -2.15. The van der Waals surface area contributed by atoms with Crippen LogP contribution >= 0.6 is 0 Å². The molecule has 0 spiro atoms. The number of fused-ring (bicyclic) bond motifs is 1. The van der Waals surface area contributed by atoms with E-state index in [0.29, 0.717) is 17.8 Å². The second-order valence-corrected chi connectivity index (χ2v) is 8.78. The van der Waals surface area contributed by atoms with E-state index in [0.717, 1.165) is 0 Å². The predicted octanol–water partition coefficient (Wildman–Crippen LogP) is 7.10. The van der Waals surface area contributed by atoms with Gasteiger partial charge in [-0.15, -0.1) is 0 Å². The van der Waals surface area contributed by atoms with E-state index in [2.05, 4.69) is 102 Å². The summed E-state index contributed by atoms with van der Waals surface area (Å²) in [5.41, 5.74) is 9.67. The summed E-state index contributed by atoms with van der Waals surface area (Å²) in [5.74, 6) is 1.47. The number of pyridine rings is 1. The lowest BCUT2D eigenvalue weighted by Crippen LogP contribution is -2.39. The third kappa shape index (κ3) is 3.40. The number of aromatic nitrogens is 1. The topological polar surface area (TPSA) is 3.88 Å². The zero-order chi connectivity index (χ0) is 19.9. The number of nitrogens with zero attached hydrogens (tertiary/aromatic N) is 1. The Morgan fingerprint density at radius 2 is 1.15 bits per heavy atom. The zero-order valence-electron chi connectivity index (χ0n) is 18.2. The van der Waals surface area contributed by atoms with Gasteiger partial charge in [-0.3, -0.25) is 0 Å². The molecule has 1 nitrogen and oxygen atoms in total. The van der Waals surface area contributed by atoms with Crippen molar-refractivity contribution in [1.82, 2.24) is 0 Å². The van der Waals surface area contributed by atoms with E-state index in [9.17, 15) is 0 Å². The van der Waals surface area contributed by atoms with Crippen LogP contribution in [0.2, 0.25) is 0 Å². The molecule has 0 bridgehead atoms. The highest BCUT2D eigenvalue weighted by Gasteiger charge is 2.27. The Morgan fingerprint density at radius 3 is 1.67 bits per heavy atom. The van der Waals surface area contributed by atoms with Crippen LogP contribution in [0.4, 0.5) is 0 Å². The average Bonchev–Trinajstić information content (AvgIpc) is 2.61. The lowest BCUT2D eigenvalue weighted by atomic mass is 9.91. The number of hydrogen-bond donors (Lipinski definition) is 0. The predicted molar refractivity (Wildman–Crippen MR) is 117 cm³/mol. The van der Waals surface area contributed by atoms with Crippen LogP contribution in [0.25, 0.3) is 16.6 Å². The molecule has 0 saturated carbocycles. The van der Waals surface area contributed by atoms with Crippen molar-refractivity contribution >= 4 is 10.9 Å². The molecule has 0 atom stereocenters. The molecular weight excluding hydrogens is 326 g/mol. The maximum atomic E-state index is 2.53. The molecule has 1 heteroatoms. The van der Waals surface area contributed by atoms with Gasteiger partial charge in [0.05, 0.1) is 5.39 Å². The molecule has 0 aliphatic heterocycles. The van der Waals surface area contributed by atoms with Crippen LogP contribution in [0.3, 0.4) is 0 Å². The van der Waals surface area contributed by atoms with Crippen LogP contribution in [0, 0.1) is 13.8 Å². The van der Waals surface area contributed by atoms with Crippen LogP contribution in [0.5, 0.6) is 0 Å². The normalized spacial score (nSPS) is 12.0. The minimum Gasteiger partial charge on any atom is -0.157 e. The van der Waals surface area contributed by atoms with Gasteiger partial charge in [0.25, 0.3) is 0 Å².